The van der Waals surface area contributed by atoms with E-state index in [9.17, 15) is 0 Å². The van der Waals surface area contributed by atoms with E-state index >= 15 is 0 Å². The first kappa shape index (κ1) is 12.3. The lowest BCUT2D eigenvalue weighted by molar-refractivity contribution is 0.897. The number of H-pyrrole nitrogens is 1. The Balaban J connectivity index is 1.87. The summed E-state index contributed by atoms with van der Waals surface area (Å²) in [5.41, 5.74) is 6.22. The third kappa shape index (κ3) is 1.76. The zero-order valence-electron chi connectivity index (χ0n) is 12.2. The standard InChI is InChI=1S/C18H13N5/c1-2-6-14-11(5-1)12-10-21-23-18-16(12)13(9-20-18)17(22-14)15-7-3-4-8-19-15/h1-10,17,22H,(H,20,23). The van der Waals surface area contributed by atoms with E-state index in [1.807, 2.05) is 48.9 Å². The van der Waals surface area contributed by atoms with Gasteiger partial charge in [-0.2, -0.15) is 5.10 Å². The van der Waals surface area contributed by atoms with Gasteiger partial charge in [0.1, 0.15) is 0 Å². The van der Waals surface area contributed by atoms with Gasteiger partial charge >= 0.3 is 0 Å². The fourth-order valence-electron chi connectivity index (χ4n) is 3.29. The summed E-state index contributed by atoms with van der Waals surface area (Å²) in [5.74, 6) is 0. The Kier molecular flexibility index (Phi) is 2.49. The van der Waals surface area contributed by atoms with E-state index in [4.69, 9.17) is 0 Å². The number of nitrogens with zero attached hydrogens (tertiary/aromatic N) is 3. The van der Waals surface area contributed by atoms with Crippen molar-refractivity contribution in [3.05, 3.63) is 72.3 Å². The number of rotatable bonds is 1. The fourth-order valence-corrected chi connectivity index (χ4v) is 3.29. The molecule has 0 aliphatic carbocycles. The lowest BCUT2D eigenvalue weighted by Gasteiger charge is -2.18. The Morgan fingerprint density at radius 1 is 0.957 bits per heavy atom. The quantitative estimate of drug-likeness (QED) is 0.564. The number of nitrogens with one attached hydrogen (secondary N) is 2. The topological polar surface area (TPSA) is 66.5 Å². The van der Waals surface area contributed by atoms with Crippen LogP contribution >= 0.6 is 0 Å². The number of para-hydroxylation sites is 1. The number of aromatic amines is 1. The predicted molar refractivity (Wildman–Crippen MR) is 89.0 cm³/mol. The van der Waals surface area contributed by atoms with Gasteiger partial charge in [0.25, 0.3) is 0 Å². The summed E-state index contributed by atoms with van der Waals surface area (Å²) >= 11 is 0. The molecule has 3 aromatic heterocycles. The largest absolute Gasteiger partial charge is 0.372 e. The molecule has 5 heteroatoms. The average molecular weight is 299 g/mol. The van der Waals surface area contributed by atoms with Crippen molar-refractivity contribution in [1.29, 1.82) is 0 Å². The zero-order valence-corrected chi connectivity index (χ0v) is 12.2. The second-order valence-corrected chi connectivity index (χ2v) is 5.60. The minimum Gasteiger partial charge on any atom is -0.372 e. The highest BCUT2D eigenvalue weighted by Gasteiger charge is 2.26. The molecule has 0 radical (unpaired) electrons. The van der Waals surface area contributed by atoms with Crippen LogP contribution in [0.1, 0.15) is 17.3 Å². The van der Waals surface area contributed by atoms with E-state index in [0.717, 1.165) is 39.1 Å². The van der Waals surface area contributed by atoms with Gasteiger partial charge in [0, 0.05) is 40.2 Å². The molecule has 0 spiro atoms. The highest BCUT2D eigenvalue weighted by atomic mass is 15.1. The molecule has 0 saturated heterocycles. The lowest BCUT2D eigenvalue weighted by Crippen LogP contribution is -2.12. The van der Waals surface area contributed by atoms with Crippen molar-refractivity contribution >= 4 is 16.7 Å². The normalized spacial score (nSPS) is 15.7. The summed E-state index contributed by atoms with van der Waals surface area (Å²) < 4.78 is 0. The number of hydrogen-bond acceptors (Lipinski definition) is 4. The van der Waals surface area contributed by atoms with Crippen LogP contribution in [0.5, 0.6) is 0 Å². The molecule has 0 amide bonds. The Labute approximate surface area is 132 Å². The van der Waals surface area contributed by atoms with Crippen molar-refractivity contribution in [2.24, 2.45) is 0 Å². The van der Waals surface area contributed by atoms with E-state index in [1.54, 1.807) is 0 Å². The maximum Gasteiger partial charge on any atom is 0.160 e. The number of hydrogen-bond donors (Lipinski definition) is 2. The van der Waals surface area contributed by atoms with Gasteiger partial charge < -0.3 is 10.3 Å². The van der Waals surface area contributed by atoms with Gasteiger partial charge in [-0.15, -0.1) is 5.10 Å². The molecule has 5 nitrogen and oxygen atoms in total. The Morgan fingerprint density at radius 3 is 2.78 bits per heavy atom. The van der Waals surface area contributed by atoms with E-state index in [-0.39, 0.29) is 6.04 Å². The third-order valence-electron chi connectivity index (χ3n) is 4.32. The molecule has 1 aromatic carbocycles. The molecule has 0 saturated carbocycles. The molecular formula is C18H13N5. The lowest BCUT2D eigenvalue weighted by atomic mass is 10.0. The van der Waals surface area contributed by atoms with Gasteiger partial charge in [-0.1, -0.05) is 24.3 Å². The summed E-state index contributed by atoms with van der Waals surface area (Å²) in [7, 11) is 0. The van der Waals surface area contributed by atoms with Crippen LogP contribution < -0.4 is 5.32 Å². The Morgan fingerprint density at radius 2 is 1.87 bits per heavy atom. The highest BCUT2D eigenvalue weighted by Crippen LogP contribution is 2.42. The van der Waals surface area contributed by atoms with Crippen LogP contribution in [0.3, 0.4) is 0 Å². The summed E-state index contributed by atoms with van der Waals surface area (Å²) in [4.78, 5) is 7.78. The van der Waals surface area contributed by atoms with Gasteiger partial charge in [0.05, 0.1) is 17.9 Å². The maximum absolute atomic E-state index is 4.54. The van der Waals surface area contributed by atoms with Crippen LogP contribution in [0, 0.1) is 0 Å². The maximum atomic E-state index is 4.54. The first-order valence-electron chi connectivity index (χ1n) is 7.51. The van der Waals surface area contributed by atoms with Crippen LogP contribution in [0.15, 0.2) is 61.1 Å². The second-order valence-electron chi connectivity index (χ2n) is 5.60. The molecule has 0 bridgehead atoms. The van der Waals surface area contributed by atoms with E-state index in [0.29, 0.717) is 0 Å². The van der Waals surface area contributed by atoms with Crippen molar-refractivity contribution < 1.29 is 0 Å². The summed E-state index contributed by atoms with van der Waals surface area (Å²) in [6.45, 7) is 0. The molecule has 1 atom stereocenters. The molecule has 1 aliphatic heterocycles. The molecule has 23 heavy (non-hydrogen) atoms. The number of fused-ring (bicyclic) bond motifs is 2. The first-order valence-corrected chi connectivity index (χ1v) is 7.51. The molecule has 1 aliphatic rings. The first-order chi connectivity index (χ1) is 11.4. The Bertz CT molecular complexity index is 1010. The smallest absolute Gasteiger partial charge is 0.160 e. The van der Waals surface area contributed by atoms with Crippen molar-refractivity contribution in [3.8, 4) is 11.1 Å². The van der Waals surface area contributed by atoms with Crippen LogP contribution in [0.2, 0.25) is 0 Å². The summed E-state index contributed by atoms with van der Waals surface area (Å²) in [5, 5.41) is 13.1. The second kappa shape index (κ2) is 4.64. The molecular weight excluding hydrogens is 286 g/mol. The van der Waals surface area contributed by atoms with Crippen molar-refractivity contribution in [2.75, 3.05) is 5.32 Å². The van der Waals surface area contributed by atoms with Crippen molar-refractivity contribution in [3.63, 3.8) is 0 Å². The molecule has 4 heterocycles. The van der Waals surface area contributed by atoms with Gasteiger partial charge in [-0.25, -0.2) is 0 Å². The average Bonchev–Trinajstić information content (AvgIpc) is 2.98. The van der Waals surface area contributed by atoms with Crippen LogP contribution in [-0.4, -0.2) is 20.2 Å². The molecule has 0 fully saturated rings. The number of anilines is 1. The fraction of sp³-hybridized carbons (Fsp3) is 0.0556. The Hall–Kier alpha value is -3.21. The summed E-state index contributed by atoms with van der Waals surface area (Å²) in [6.07, 6.45) is 5.66. The third-order valence-corrected chi connectivity index (χ3v) is 4.32. The molecule has 2 N–H and O–H groups in total. The van der Waals surface area contributed by atoms with Gasteiger partial charge in [0.15, 0.2) is 5.65 Å². The molecule has 5 rings (SSSR count). The molecule has 4 aromatic rings. The van der Waals surface area contributed by atoms with E-state index < -0.39 is 0 Å². The highest BCUT2D eigenvalue weighted by molar-refractivity contribution is 6.00. The minimum atomic E-state index is -0.0310. The van der Waals surface area contributed by atoms with E-state index in [2.05, 4.69) is 37.6 Å². The van der Waals surface area contributed by atoms with E-state index in [1.165, 1.54) is 0 Å². The minimum absolute atomic E-state index is 0.0310. The van der Waals surface area contributed by atoms with Gasteiger partial charge in [-0.05, 0) is 18.2 Å². The van der Waals surface area contributed by atoms with Crippen LogP contribution in [0.4, 0.5) is 5.69 Å². The van der Waals surface area contributed by atoms with Gasteiger partial charge in [0.2, 0.25) is 0 Å². The monoisotopic (exact) mass is 299 g/mol. The zero-order chi connectivity index (χ0) is 15.2. The summed E-state index contributed by atoms with van der Waals surface area (Å²) in [6, 6.07) is 14.2. The van der Waals surface area contributed by atoms with Gasteiger partial charge in [-0.3, -0.25) is 4.98 Å². The predicted octanol–water partition coefficient (Wildman–Crippen LogP) is 3.53. The number of benzene rings is 1. The van der Waals surface area contributed by atoms with Crippen molar-refractivity contribution in [2.45, 2.75) is 6.04 Å². The number of aromatic nitrogens is 4. The number of pyridine rings is 1. The molecule has 110 valence electrons. The van der Waals surface area contributed by atoms with Crippen molar-refractivity contribution in [1.82, 2.24) is 20.2 Å². The SMILES string of the molecule is c1ccc(C2Nc3ccccc3-c3cnnc4[nH]cc2c34)nc1. The van der Waals surface area contributed by atoms with Crippen LogP contribution in [-0.2, 0) is 0 Å². The molecule has 1 unspecified atom stereocenters. The van der Waals surface area contributed by atoms with Crippen LogP contribution in [0.25, 0.3) is 22.2 Å².